The van der Waals surface area contributed by atoms with Crippen molar-refractivity contribution in [1.82, 2.24) is 4.57 Å². The Balaban J connectivity index is 2.71. The van der Waals surface area contributed by atoms with Crippen LogP contribution in [0.4, 0.5) is 17.6 Å². The third-order valence-corrected chi connectivity index (χ3v) is 4.44. The van der Waals surface area contributed by atoms with Gasteiger partial charge in [-0.3, -0.25) is 4.79 Å². The molecule has 2 aromatic rings. The van der Waals surface area contributed by atoms with Crippen molar-refractivity contribution >= 4 is 11.6 Å². The van der Waals surface area contributed by atoms with Crippen LogP contribution in [-0.2, 0) is 12.6 Å². The lowest BCUT2D eigenvalue weighted by molar-refractivity contribution is -0.274. The van der Waals surface area contributed by atoms with E-state index < -0.39 is 40.4 Å². The number of phenols is 1. The van der Waals surface area contributed by atoms with Gasteiger partial charge in [-0.15, -0.1) is 0 Å². The van der Waals surface area contributed by atoms with E-state index in [1.54, 1.807) is 0 Å². The van der Waals surface area contributed by atoms with Gasteiger partial charge in [-0.05, 0) is 17.7 Å². The van der Waals surface area contributed by atoms with Gasteiger partial charge < -0.3 is 14.8 Å². The summed E-state index contributed by atoms with van der Waals surface area (Å²) >= 11 is 5.84. The smallest absolute Gasteiger partial charge is 0.422 e. The summed E-state index contributed by atoms with van der Waals surface area (Å²) in [5.41, 5.74) is -4.94. The van der Waals surface area contributed by atoms with Gasteiger partial charge in [-0.25, -0.2) is 4.39 Å². The second-order valence-electron chi connectivity index (χ2n) is 5.68. The van der Waals surface area contributed by atoms with E-state index in [2.05, 4.69) is 0 Å². The number of rotatable bonds is 3. The van der Waals surface area contributed by atoms with E-state index in [4.69, 9.17) is 11.6 Å². The molecule has 4 nitrogen and oxygen atoms in total. The minimum absolute atomic E-state index is 0.334. The Kier molecular flexibility index (Phi) is 4.89. The number of hydrogen-bond acceptors (Lipinski definition) is 3. The highest BCUT2D eigenvalue weighted by atomic mass is 35.5. The minimum atomic E-state index is -5.15. The molecule has 1 aromatic carbocycles. The summed E-state index contributed by atoms with van der Waals surface area (Å²) in [7, 11) is 1.24. The molecule has 2 unspecified atom stereocenters. The first-order valence-electron chi connectivity index (χ1n) is 7.03. The van der Waals surface area contributed by atoms with E-state index >= 15 is 0 Å². The van der Waals surface area contributed by atoms with Crippen LogP contribution in [0.5, 0.6) is 5.75 Å². The number of aliphatic hydroxyl groups is 1. The number of aryl methyl sites for hydroxylation is 1. The number of hydrogen-bond donors (Lipinski definition) is 2. The minimum Gasteiger partial charge on any atom is -0.505 e. The van der Waals surface area contributed by atoms with Crippen molar-refractivity contribution in [1.29, 1.82) is 0 Å². The largest absolute Gasteiger partial charge is 0.505 e. The van der Waals surface area contributed by atoms with Gasteiger partial charge in [-0.1, -0.05) is 18.5 Å². The van der Waals surface area contributed by atoms with Crippen molar-refractivity contribution < 1.29 is 27.8 Å². The van der Waals surface area contributed by atoms with Gasteiger partial charge in [0.15, 0.2) is 17.2 Å². The fraction of sp³-hybridized carbons (Fsp3) is 0.312. The summed E-state index contributed by atoms with van der Waals surface area (Å²) in [5, 5.41) is 19.5. The van der Waals surface area contributed by atoms with Crippen molar-refractivity contribution in [2.75, 3.05) is 0 Å². The van der Waals surface area contributed by atoms with Gasteiger partial charge >= 0.3 is 6.18 Å². The maximum absolute atomic E-state index is 13.7. The topological polar surface area (TPSA) is 62.5 Å². The first kappa shape index (κ1) is 19.3. The molecule has 0 aliphatic carbocycles. The van der Waals surface area contributed by atoms with Crippen molar-refractivity contribution in [3.05, 3.63) is 62.8 Å². The predicted octanol–water partition coefficient (Wildman–Crippen LogP) is 3.44. The zero-order valence-electron chi connectivity index (χ0n) is 13.1. The number of halogens is 5. The molecule has 136 valence electrons. The van der Waals surface area contributed by atoms with Crippen molar-refractivity contribution in [2.45, 2.75) is 24.6 Å². The molecule has 25 heavy (non-hydrogen) atoms. The van der Waals surface area contributed by atoms with Gasteiger partial charge in [0.25, 0.3) is 0 Å². The summed E-state index contributed by atoms with van der Waals surface area (Å²) < 4.78 is 55.7. The normalized spacial score (nSPS) is 15.7. The van der Waals surface area contributed by atoms with Crippen molar-refractivity contribution in [3.8, 4) is 5.75 Å². The molecule has 2 N–H and O–H groups in total. The molecule has 0 bridgehead atoms. The second kappa shape index (κ2) is 6.34. The number of pyridine rings is 1. The highest BCUT2D eigenvalue weighted by molar-refractivity contribution is 6.31. The fourth-order valence-corrected chi connectivity index (χ4v) is 2.91. The Morgan fingerprint density at radius 3 is 2.36 bits per heavy atom. The number of phenolic OH excluding ortho intramolecular Hbond substituents is 1. The monoisotopic (exact) mass is 379 g/mol. The lowest BCUT2D eigenvalue weighted by atomic mass is 9.78. The lowest BCUT2D eigenvalue weighted by Crippen LogP contribution is -2.47. The average molecular weight is 380 g/mol. The van der Waals surface area contributed by atoms with Gasteiger partial charge in [0, 0.05) is 41.9 Å². The molecule has 0 aliphatic rings. The Hall–Kier alpha value is -2.06. The predicted molar refractivity (Wildman–Crippen MR) is 83.1 cm³/mol. The Bertz CT molecular complexity index is 865. The van der Waals surface area contributed by atoms with Crippen molar-refractivity contribution in [3.63, 3.8) is 0 Å². The molecule has 1 aromatic heterocycles. The molecular formula is C16H14ClF4NO3. The Labute approximate surface area is 144 Å². The number of nitrogens with zero attached hydrogens (tertiary/aromatic N) is 1. The van der Waals surface area contributed by atoms with Gasteiger partial charge in [0.05, 0.1) is 0 Å². The van der Waals surface area contributed by atoms with Gasteiger partial charge in [-0.2, -0.15) is 13.2 Å². The summed E-state index contributed by atoms with van der Waals surface area (Å²) in [5.74, 6) is -3.72. The SMILES string of the molecule is CC(c1cc(F)c(O)cc1Cl)C(O)(c1ccc(=O)n(C)c1)C(F)(F)F. The molecule has 0 amide bonds. The Morgan fingerprint density at radius 1 is 1.24 bits per heavy atom. The molecule has 0 saturated carbocycles. The quantitative estimate of drug-likeness (QED) is 0.803. The highest BCUT2D eigenvalue weighted by Gasteiger charge is 2.59. The lowest BCUT2D eigenvalue weighted by Gasteiger charge is -2.37. The molecule has 0 saturated heterocycles. The van der Waals surface area contributed by atoms with Crippen LogP contribution in [0.15, 0.2) is 35.3 Å². The average Bonchev–Trinajstić information content (AvgIpc) is 2.51. The third-order valence-electron chi connectivity index (χ3n) is 4.12. The van der Waals surface area contributed by atoms with Gasteiger partial charge in [0.1, 0.15) is 0 Å². The van der Waals surface area contributed by atoms with E-state index in [-0.39, 0.29) is 10.6 Å². The molecule has 0 spiro atoms. The van der Waals surface area contributed by atoms with Crippen LogP contribution < -0.4 is 5.56 Å². The second-order valence-corrected chi connectivity index (χ2v) is 6.09. The fourth-order valence-electron chi connectivity index (χ4n) is 2.59. The molecule has 9 heteroatoms. The first-order chi connectivity index (χ1) is 11.4. The number of alkyl halides is 3. The van der Waals surface area contributed by atoms with E-state index in [9.17, 15) is 32.6 Å². The van der Waals surface area contributed by atoms with E-state index in [0.717, 1.165) is 35.9 Å². The zero-order valence-corrected chi connectivity index (χ0v) is 13.9. The summed E-state index contributed by atoms with van der Waals surface area (Å²) in [6, 6.07) is 3.15. The molecule has 0 fully saturated rings. The molecule has 0 aliphatic heterocycles. The molecule has 1 heterocycles. The first-order valence-corrected chi connectivity index (χ1v) is 7.41. The van der Waals surface area contributed by atoms with Crippen LogP contribution in [0.2, 0.25) is 5.02 Å². The standard InChI is InChI=1S/C16H14ClF4NO3/c1-8(10-5-12(18)13(23)6-11(10)17)15(25,16(19,20)21)9-3-4-14(24)22(2)7-9/h3-8,23,25H,1-2H3. The maximum atomic E-state index is 13.7. The molecule has 2 rings (SSSR count). The van der Waals surface area contributed by atoms with E-state index in [1.165, 1.54) is 7.05 Å². The number of aromatic hydroxyl groups is 1. The summed E-state index contributed by atoms with van der Waals surface area (Å²) in [6.07, 6.45) is -4.29. The summed E-state index contributed by atoms with van der Waals surface area (Å²) in [6.45, 7) is 1.02. The van der Waals surface area contributed by atoms with Gasteiger partial charge in [0.2, 0.25) is 5.56 Å². The number of aromatic nitrogens is 1. The Morgan fingerprint density at radius 2 is 1.84 bits per heavy atom. The highest BCUT2D eigenvalue weighted by Crippen LogP contribution is 2.50. The van der Waals surface area contributed by atoms with Crippen LogP contribution in [0.3, 0.4) is 0 Å². The molecule has 0 radical (unpaired) electrons. The van der Waals surface area contributed by atoms with Crippen LogP contribution in [0.1, 0.15) is 24.0 Å². The van der Waals surface area contributed by atoms with Crippen molar-refractivity contribution in [2.24, 2.45) is 7.05 Å². The van der Waals surface area contributed by atoms with Crippen LogP contribution in [0, 0.1) is 5.82 Å². The van der Waals surface area contributed by atoms with Crippen LogP contribution >= 0.6 is 11.6 Å². The van der Waals surface area contributed by atoms with Crippen LogP contribution in [0.25, 0.3) is 0 Å². The maximum Gasteiger partial charge on any atom is 0.422 e. The number of benzene rings is 1. The third kappa shape index (κ3) is 3.23. The van der Waals surface area contributed by atoms with E-state index in [0.29, 0.717) is 6.07 Å². The molecule has 2 atom stereocenters. The summed E-state index contributed by atoms with van der Waals surface area (Å²) in [4.78, 5) is 11.4. The van der Waals surface area contributed by atoms with Crippen LogP contribution in [-0.4, -0.2) is 21.0 Å². The zero-order chi connectivity index (χ0) is 19.2. The van der Waals surface area contributed by atoms with E-state index in [1.807, 2.05) is 0 Å². The molecular weight excluding hydrogens is 366 g/mol.